The first-order chi connectivity index (χ1) is 8.19. The predicted octanol–water partition coefficient (Wildman–Crippen LogP) is 2.47. The van der Waals surface area contributed by atoms with Crippen LogP contribution in [0, 0.1) is 0 Å². The molecule has 1 aromatic rings. The molecular formula is C13H21NO3. The highest BCUT2D eigenvalue weighted by Gasteiger charge is 2.10. The van der Waals surface area contributed by atoms with Gasteiger partial charge in [0.15, 0.2) is 0 Å². The van der Waals surface area contributed by atoms with Gasteiger partial charge in [-0.05, 0) is 32.9 Å². The van der Waals surface area contributed by atoms with Crippen LogP contribution in [0.1, 0.15) is 20.8 Å². The molecule has 4 nitrogen and oxygen atoms in total. The maximum Gasteiger partial charge on any atom is 0.146 e. The molecule has 0 amide bonds. The smallest absolute Gasteiger partial charge is 0.146 e. The Morgan fingerprint density at radius 2 is 1.88 bits per heavy atom. The molecule has 4 heteroatoms. The molecule has 17 heavy (non-hydrogen) atoms. The van der Waals surface area contributed by atoms with Crippen molar-refractivity contribution < 1.29 is 14.2 Å². The fraction of sp³-hybridized carbons (Fsp3) is 0.538. The molecule has 0 bridgehead atoms. The van der Waals surface area contributed by atoms with Crippen molar-refractivity contribution in [3.63, 3.8) is 0 Å². The van der Waals surface area contributed by atoms with Gasteiger partial charge in [0.05, 0.1) is 13.2 Å². The van der Waals surface area contributed by atoms with Crippen LogP contribution in [0.3, 0.4) is 0 Å². The normalized spacial score (nSPS) is 12.2. The van der Waals surface area contributed by atoms with E-state index in [9.17, 15) is 0 Å². The maximum absolute atomic E-state index is 5.96. The van der Waals surface area contributed by atoms with Crippen LogP contribution in [0.2, 0.25) is 0 Å². The highest BCUT2D eigenvalue weighted by Crippen LogP contribution is 2.31. The summed E-state index contributed by atoms with van der Waals surface area (Å²) in [5.74, 6) is 1.30. The summed E-state index contributed by atoms with van der Waals surface area (Å²) in [6, 6.07) is 5.53. The van der Waals surface area contributed by atoms with E-state index in [-0.39, 0.29) is 6.10 Å². The van der Waals surface area contributed by atoms with Crippen molar-refractivity contribution in [3.05, 3.63) is 18.2 Å². The molecule has 96 valence electrons. The lowest BCUT2D eigenvalue weighted by Gasteiger charge is -2.17. The summed E-state index contributed by atoms with van der Waals surface area (Å²) in [6.45, 7) is 7.64. The number of anilines is 1. The van der Waals surface area contributed by atoms with Crippen LogP contribution >= 0.6 is 0 Å². The van der Waals surface area contributed by atoms with E-state index in [1.165, 1.54) is 0 Å². The summed E-state index contributed by atoms with van der Waals surface area (Å²) in [5, 5.41) is 0. The van der Waals surface area contributed by atoms with Crippen molar-refractivity contribution in [1.82, 2.24) is 0 Å². The van der Waals surface area contributed by atoms with Gasteiger partial charge in [-0.2, -0.15) is 0 Å². The number of hydrogen-bond acceptors (Lipinski definition) is 4. The molecule has 0 aliphatic rings. The van der Waals surface area contributed by atoms with Crippen molar-refractivity contribution in [2.75, 3.05) is 25.6 Å². The standard InChI is InChI=1S/C13H21NO3/c1-4-15-9-10(3)17-12-8-6-7-11(13(12)14)16-5-2/h6-8,10H,4-5,9,14H2,1-3H3. The highest BCUT2D eigenvalue weighted by molar-refractivity contribution is 5.62. The Hall–Kier alpha value is -1.42. The topological polar surface area (TPSA) is 53.7 Å². The van der Waals surface area contributed by atoms with Crippen LogP contribution in [-0.2, 0) is 4.74 Å². The van der Waals surface area contributed by atoms with Crippen LogP contribution in [0.5, 0.6) is 11.5 Å². The number of hydrogen-bond donors (Lipinski definition) is 1. The van der Waals surface area contributed by atoms with E-state index >= 15 is 0 Å². The predicted molar refractivity (Wildman–Crippen MR) is 68.6 cm³/mol. The molecule has 0 aliphatic carbocycles. The Bertz CT molecular complexity index is 341. The van der Waals surface area contributed by atoms with Gasteiger partial charge in [0.25, 0.3) is 0 Å². The van der Waals surface area contributed by atoms with Gasteiger partial charge in [0, 0.05) is 6.61 Å². The summed E-state index contributed by atoms with van der Waals surface area (Å²) in [6.07, 6.45) is -0.0332. The molecule has 0 aliphatic heterocycles. The van der Waals surface area contributed by atoms with Crippen LogP contribution < -0.4 is 15.2 Å². The molecule has 0 fully saturated rings. The van der Waals surface area contributed by atoms with Crippen LogP contribution in [0.25, 0.3) is 0 Å². The summed E-state index contributed by atoms with van der Waals surface area (Å²) in [5.41, 5.74) is 6.50. The first-order valence-corrected chi connectivity index (χ1v) is 5.94. The van der Waals surface area contributed by atoms with Crippen LogP contribution in [-0.4, -0.2) is 25.9 Å². The number of para-hydroxylation sites is 1. The van der Waals surface area contributed by atoms with E-state index in [1.54, 1.807) is 0 Å². The molecule has 0 spiro atoms. The van der Waals surface area contributed by atoms with Gasteiger partial charge >= 0.3 is 0 Å². The lowest BCUT2D eigenvalue weighted by Crippen LogP contribution is -2.19. The molecule has 1 aromatic carbocycles. The molecule has 1 unspecified atom stereocenters. The molecule has 0 saturated carbocycles. The van der Waals surface area contributed by atoms with Gasteiger partial charge in [-0.25, -0.2) is 0 Å². The maximum atomic E-state index is 5.96. The molecule has 0 radical (unpaired) electrons. The zero-order valence-electron chi connectivity index (χ0n) is 10.7. The minimum absolute atomic E-state index is 0.0332. The Morgan fingerprint density at radius 1 is 1.18 bits per heavy atom. The van der Waals surface area contributed by atoms with E-state index in [4.69, 9.17) is 19.9 Å². The number of nitrogens with two attached hydrogens (primary N) is 1. The molecule has 2 N–H and O–H groups in total. The number of rotatable bonds is 7. The highest BCUT2D eigenvalue weighted by atomic mass is 16.5. The monoisotopic (exact) mass is 239 g/mol. The minimum Gasteiger partial charge on any atom is -0.492 e. The third-order valence-electron chi connectivity index (χ3n) is 2.21. The Kier molecular flexibility index (Phi) is 5.63. The zero-order valence-corrected chi connectivity index (χ0v) is 10.7. The summed E-state index contributed by atoms with van der Waals surface area (Å²) in [4.78, 5) is 0. The molecule has 1 atom stereocenters. The van der Waals surface area contributed by atoms with E-state index < -0.39 is 0 Å². The largest absolute Gasteiger partial charge is 0.492 e. The average molecular weight is 239 g/mol. The van der Waals surface area contributed by atoms with Crippen LogP contribution in [0.4, 0.5) is 5.69 Å². The molecule has 0 heterocycles. The number of ether oxygens (including phenoxy) is 3. The fourth-order valence-corrected chi connectivity index (χ4v) is 1.44. The van der Waals surface area contributed by atoms with Crippen molar-refractivity contribution in [2.24, 2.45) is 0 Å². The second-order valence-corrected chi connectivity index (χ2v) is 3.69. The van der Waals surface area contributed by atoms with Crippen molar-refractivity contribution in [2.45, 2.75) is 26.9 Å². The van der Waals surface area contributed by atoms with Gasteiger partial charge in [0.2, 0.25) is 0 Å². The Morgan fingerprint density at radius 3 is 2.53 bits per heavy atom. The lowest BCUT2D eigenvalue weighted by atomic mass is 10.2. The summed E-state index contributed by atoms with van der Waals surface area (Å²) in [7, 11) is 0. The van der Waals surface area contributed by atoms with Crippen molar-refractivity contribution >= 4 is 5.69 Å². The van der Waals surface area contributed by atoms with Gasteiger partial charge < -0.3 is 19.9 Å². The first kappa shape index (κ1) is 13.6. The van der Waals surface area contributed by atoms with Gasteiger partial charge in [-0.1, -0.05) is 6.07 Å². The van der Waals surface area contributed by atoms with Gasteiger partial charge in [0.1, 0.15) is 23.3 Å². The van der Waals surface area contributed by atoms with Crippen molar-refractivity contribution in [1.29, 1.82) is 0 Å². The third kappa shape index (κ3) is 4.15. The zero-order chi connectivity index (χ0) is 12.7. The molecule has 1 rings (SSSR count). The summed E-state index contributed by atoms with van der Waals surface area (Å²) >= 11 is 0. The number of benzene rings is 1. The number of nitrogen functional groups attached to an aromatic ring is 1. The second kappa shape index (κ2) is 7.01. The molecule has 0 saturated heterocycles. The van der Waals surface area contributed by atoms with E-state index in [2.05, 4.69) is 0 Å². The van der Waals surface area contributed by atoms with Crippen molar-refractivity contribution in [3.8, 4) is 11.5 Å². The van der Waals surface area contributed by atoms with Gasteiger partial charge in [-0.3, -0.25) is 0 Å². The average Bonchev–Trinajstić information content (AvgIpc) is 2.32. The van der Waals surface area contributed by atoms with E-state index in [0.29, 0.717) is 37.0 Å². The fourth-order valence-electron chi connectivity index (χ4n) is 1.44. The van der Waals surface area contributed by atoms with E-state index in [0.717, 1.165) is 0 Å². The molecule has 0 aromatic heterocycles. The third-order valence-corrected chi connectivity index (χ3v) is 2.21. The Labute approximate surface area is 103 Å². The molecular weight excluding hydrogens is 218 g/mol. The minimum atomic E-state index is -0.0332. The first-order valence-electron chi connectivity index (χ1n) is 5.94. The SMILES string of the molecule is CCOCC(C)Oc1cccc(OCC)c1N. The lowest BCUT2D eigenvalue weighted by molar-refractivity contribution is 0.0660. The Balaban J connectivity index is 2.67. The second-order valence-electron chi connectivity index (χ2n) is 3.69. The van der Waals surface area contributed by atoms with E-state index in [1.807, 2.05) is 39.0 Å². The van der Waals surface area contributed by atoms with Crippen LogP contribution in [0.15, 0.2) is 18.2 Å². The van der Waals surface area contributed by atoms with Gasteiger partial charge in [-0.15, -0.1) is 0 Å². The summed E-state index contributed by atoms with van der Waals surface area (Å²) < 4.78 is 16.4. The quantitative estimate of drug-likeness (QED) is 0.743.